The molecule has 5 aromatic heterocycles. The molecular weight excluding hydrogens is 1670 g/mol. The van der Waals surface area contributed by atoms with Crippen LogP contribution in [0.15, 0.2) is 291 Å². The molecule has 0 atom stereocenters. The van der Waals surface area contributed by atoms with Crippen molar-refractivity contribution in [1.29, 1.82) is 0 Å². The Hall–Kier alpha value is -11.6. The third kappa shape index (κ3) is 26.3. The Kier molecular flexibility index (Phi) is 32.8. The molecule has 0 fully saturated rings. The molecule has 0 unspecified atom stereocenters. The number of fused-ring (bicyclic) bond motifs is 5. The van der Waals surface area contributed by atoms with Gasteiger partial charge in [0.15, 0.2) is 0 Å². The standard InChI is InChI=1S/C14H22O.C12H13NO.2C12H10O.4C11H11NO.C8H10O.C7H8O.5Al/c1-13(2,3)10-7-11(14(4,5)6)9-12(15)8-10;1-3-9-7-8(2)13-12-10(9)5-4-6-11(12)14;13-12-8-4-7-11(9-12)10-5-2-1-3-6-10;13-12-8-6-11(7-9-12)10-4-2-1-3-5-10;4*1-7-6-8(2)12-11-9(7)4-3-5-10(11)13;1-6-3-7(2)5-8(9)4-6;1-6-2-4-7(8)5-3-6;;;;;/h7-9,15H,1-6H3;4-7,14H,3H2,1-2H3;2*1-9,13H;4*3-6,13H,1-2H3;3-5,9H,1-2H3;2-5,8H,1H3;;;;;/q;;;;;;;;;;5*+2/p-10. The van der Waals surface area contributed by atoms with Gasteiger partial charge in [-0.1, -0.05) is 224 Å². The highest BCUT2D eigenvalue weighted by molar-refractivity contribution is 6.23. The Balaban J connectivity index is 0.000000138. The summed E-state index contributed by atoms with van der Waals surface area (Å²) in [7, 11) is 0. The second-order valence-corrected chi connectivity index (χ2v) is 37.5. The number of aromatic nitrogens is 5. The molecule has 0 bridgehead atoms. The first kappa shape index (κ1) is 94.9. The van der Waals surface area contributed by atoms with Crippen molar-refractivity contribution in [2.45, 2.75) is 149 Å². The number of pyridine rings is 5. The summed E-state index contributed by atoms with van der Waals surface area (Å²) in [6, 6.07) is 98.2. The average molecular weight is 1780 g/mol. The Morgan fingerprint density at radius 1 is 0.225 bits per heavy atom. The van der Waals surface area contributed by atoms with Crippen molar-refractivity contribution in [2.24, 2.45) is 0 Å². The Labute approximate surface area is 793 Å². The fourth-order valence-corrected chi connectivity index (χ4v) is 18.0. The number of para-hydroxylation sites is 5. The zero-order chi connectivity index (χ0) is 91.3. The van der Waals surface area contributed by atoms with Gasteiger partial charge in [0.2, 0.25) is 0 Å². The van der Waals surface area contributed by atoms with Gasteiger partial charge in [-0.15, -0.1) is 0 Å². The lowest BCUT2D eigenvalue weighted by atomic mass is 9.80. The van der Waals surface area contributed by atoms with Crippen LogP contribution in [0.1, 0.15) is 133 Å². The molecule has 643 valence electrons. The maximum atomic E-state index is 6.12. The highest BCUT2D eigenvalue weighted by Gasteiger charge is 2.24. The van der Waals surface area contributed by atoms with Gasteiger partial charge in [-0.25, -0.2) is 24.9 Å². The molecule has 17 aromatic rings. The number of rotatable bonds is 23. The second-order valence-electron chi connectivity index (χ2n) is 34.2. The van der Waals surface area contributed by atoms with Crippen molar-refractivity contribution >= 4 is 134 Å². The maximum absolute atomic E-state index is 6.12. The van der Waals surface area contributed by atoms with Crippen molar-refractivity contribution in [3.05, 3.63) is 375 Å². The van der Waals surface area contributed by atoms with Crippen LogP contribution in [0.3, 0.4) is 0 Å². The molecule has 129 heavy (non-hydrogen) atoms. The first-order valence-electron chi connectivity index (χ1n) is 43.3. The first-order valence-corrected chi connectivity index (χ1v) is 48.0. The third-order valence-electron chi connectivity index (χ3n) is 21.5. The van der Waals surface area contributed by atoms with Crippen molar-refractivity contribution in [2.75, 3.05) is 0 Å². The van der Waals surface area contributed by atoms with E-state index in [0.717, 1.165) is 152 Å². The predicted octanol–water partition coefficient (Wildman–Crippen LogP) is 26.3. The van der Waals surface area contributed by atoms with Crippen LogP contribution in [0.25, 0.3) is 76.8 Å². The SMILES string of the molecule is CCc1cc(C)nc2c([O][Al][O]c3ccc(C)cc3)cccc12.Cc1cc(C)c2cccc([O][Al][O]c3cc(C(C)(C)C)cc(C(C)(C)C)c3)c2n1.Cc1cc(C)c2cccc([O][Al][O]c3ccc(-c4ccccc4)cc3)c2n1.Cc1cc(C)c2cccc([O][Al][O]c3cccc(-c4ccccc4)c3)c2n1.Cc1cc(C)cc([O][Al][O]c2cccc3c(C)cc(C)nc23)c1. The molecule has 0 N–H and O–H groups in total. The van der Waals surface area contributed by atoms with E-state index in [-0.39, 0.29) is 10.8 Å². The molecule has 12 aromatic carbocycles. The third-order valence-corrected chi connectivity index (χ3v) is 25.1. The molecule has 0 saturated heterocycles. The zero-order valence-corrected chi connectivity index (χ0v) is 82.9. The van der Waals surface area contributed by atoms with Gasteiger partial charge in [-0.2, -0.15) is 0 Å². The summed E-state index contributed by atoms with van der Waals surface area (Å²) in [5, 5.41) is 5.63. The van der Waals surface area contributed by atoms with Crippen LogP contribution >= 0.6 is 0 Å². The van der Waals surface area contributed by atoms with Crippen LogP contribution in [0.5, 0.6) is 57.5 Å². The fourth-order valence-electron chi connectivity index (χ4n) is 15.0. The van der Waals surface area contributed by atoms with Gasteiger partial charge in [0.05, 0.1) is 28.7 Å². The van der Waals surface area contributed by atoms with E-state index in [4.69, 9.17) is 37.9 Å². The van der Waals surface area contributed by atoms with Crippen LogP contribution < -0.4 is 37.9 Å². The molecule has 17 rings (SSSR count). The highest BCUT2D eigenvalue weighted by atomic mass is 27.2. The van der Waals surface area contributed by atoms with Crippen molar-refractivity contribution in [3.8, 4) is 79.7 Å². The summed E-state index contributed by atoms with van der Waals surface area (Å²) in [6.07, 6.45) is 0.982. The van der Waals surface area contributed by atoms with Crippen LogP contribution in [0.4, 0.5) is 0 Å². The lowest BCUT2D eigenvalue weighted by molar-refractivity contribution is 0.457. The van der Waals surface area contributed by atoms with E-state index >= 15 is 0 Å². The minimum absolute atomic E-state index is 0.0597. The summed E-state index contributed by atoms with van der Waals surface area (Å²) in [5.41, 5.74) is 26.6. The monoisotopic (exact) mass is 1780 g/mol. The second kappa shape index (κ2) is 44.6. The highest BCUT2D eigenvalue weighted by Crippen LogP contribution is 2.37. The molecule has 5 heterocycles. The van der Waals surface area contributed by atoms with Crippen molar-refractivity contribution in [1.82, 2.24) is 24.9 Å². The Bertz CT molecular complexity index is 6660. The minimum Gasteiger partial charge on any atom is -0.616 e. The molecule has 0 aliphatic heterocycles. The number of hydrogen-bond donors (Lipinski definition) is 0. The molecule has 0 aliphatic carbocycles. The van der Waals surface area contributed by atoms with E-state index in [9.17, 15) is 0 Å². The largest absolute Gasteiger partial charge is 0.881 e. The predicted molar refractivity (Wildman–Crippen MR) is 530 cm³/mol. The molecule has 20 heteroatoms. The van der Waals surface area contributed by atoms with E-state index in [1.165, 1.54) is 72.3 Å². The molecule has 0 aliphatic rings. The quantitative estimate of drug-likeness (QED) is 0.0557. The van der Waals surface area contributed by atoms with Crippen LogP contribution in [0.2, 0.25) is 0 Å². The van der Waals surface area contributed by atoms with E-state index < -0.39 is 79.4 Å². The number of nitrogens with zero attached hydrogens (tertiary/aromatic N) is 5. The van der Waals surface area contributed by atoms with Crippen LogP contribution in [-0.2, 0) is 17.3 Å². The Morgan fingerprint density at radius 2 is 0.519 bits per heavy atom. The van der Waals surface area contributed by atoms with Crippen molar-refractivity contribution in [3.63, 3.8) is 0 Å². The van der Waals surface area contributed by atoms with E-state index in [1.54, 1.807) is 0 Å². The summed E-state index contributed by atoms with van der Waals surface area (Å²) >= 11 is -3.32. The van der Waals surface area contributed by atoms with E-state index in [2.05, 4.69) is 249 Å². The van der Waals surface area contributed by atoms with Gasteiger partial charge >= 0.3 is 79.4 Å². The van der Waals surface area contributed by atoms with Gasteiger partial charge in [-0.3, -0.25) is 0 Å². The summed E-state index contributed by atoms with van der Waals surface area (Å²) < 4.78 is 59.3. The van der Waals surface area contributed by atoms with Gasteiger partial charge < -0.3 is 37.9 Å². The Morgan fingerprint density at radius 3 is 0.884 bits per heavy atom. The average Bonchev–Trinajstić information content (AvgIpc) is 0.786. The molecule has 0 saturated carbocycles. The summed E-state index contributed by atoms with van der Waals surface area (Å²) in [5.74, 6) is 8.10. The molecule has 5 radical (unpaired) electrons. The molecule has 15 nitrogen and oxygen atoms in total. The fraction of sp³-hybridized carbons (Fsp3) is 0.202. The molecular formula is C109H107Al5N5O10. The smallest absolute Gasteiger partial charge is 0.616 e. The summed E-state index contributed by atoms with van der Waals surface area (Å²) in [6.45, 7) is 40.2. The number of hydrogen-bond acceptors (Lipinski definition) is 15. The van der Waals surface area contributed by atoms with E-state index in [0.29, 0.717) is 0 Å². The normalized spacial score (nSPS) is 10.9. The first-order chi connectivity index (χ1) is 62.0. The van der Waals surface area contributed by atoms with E-state index in [1.807, 2.05) is 198 Å². The maximum Gasteiger partial charge on any atom is 0.881 e. The summed E-state index contributed by atoms with van der Waals surface area (Å²) in [4.78, 5) is 23.3. The van der Waals surface area contributed by atoms with Gasteiger partial charge in [0.25, 0.3) is 0 Å². The number of benzene rings is 12. The number of aryl methyl sites for hydroxylation is 13. The lowest BCUT2D eigenvalue weighted by Gasteiger charge is -2.26. The lowest BCUT2D eigenvalue weighted by Crippen LogP contribution is -2.18. The zero-order valence-electron chi connectivity index (χ0n) is 77.1. The molecule has 0 amide bonds. The topological polar surface area (TPSA) is 157 Å². The van der Waals surface area contributed by atoms with Gasteiger partial charge in [0, 0.05) is 55.4 Å². The molecule has 0 spiro atoms. The minimum atomic E-state index is -0.697. The van der Waals surface area contributed by atoms with Crippen LogP contribution in [-0.4, -0.2) is 104 Å². The van der Waals surface area contributed by atoms with Crippen LogP contribution in [0, 0.1) is 83.1 Å². The van der Waals surface area contributed by atoms with Gasteiger partial charge in [-0.05, 0) is 294 Å². The van der Waals surface area contributed by atoms with Crippen molar-refractivity contribution < 1.29 is 37.9 Å². The van der Waals surface area contributed by atoms with Gasteiger partial charge in [0.1, 0.15) is 56.3 Å².